The molecule has 1 heterocycles. The van der Waals surface area contributed by atoms with Gasteiger partial charge < -0.3 is 21.1 Å². The minimum atomic E-state index is -0.105. The molecule has 2 rings (SSSR count). The van der Waals surface area contributed by atoms with Gasteiger partial charge in [-0.25, -0.2) is 0 Å². The molecule has 0 bridgehead atoms. The first kappa shape index (κ1) is 16.8. The van der Waals surface area contributed by atoms with Crippen LogP contribution in [-0.4, -0.2) is 48.2 Å². The highest BCUT2D eigenvalue weighted by atomic mass is 16.3. The number of aliphatic hydroxyl groups excluding tert-OH is 1. The van der Waals surface area contributed by atoms with E-state index in [2.05, 4.69) is 47.3 Å². The topological polar surface area (TPSA) is 73.9 Å². The van der Waals surface area contributed by atoms with E-state index in [1.807, 2.05) is 0 Å². The van der Waals surface area contributed by atoms with Gasteiger partial charge in [-0.1, -0.05) is 6.07 Å². The molecule has 0 saturated carbocycles. The summed E-state index contributed by atoms with van der Waals surface area (Å²) in [6, 6.07) is 6.26. The molecule has 1 aromatic rings. The maximum atomic E-state index is 9.48. The molecule has 1 aliphatic heterocycles. The number of likely N-dealkylation sites (tertiary alicyclic amines) is 1. The summed E-state index contributed by atoms with van der Waals surface area (Å²) in [7, 11) is 0. The largest absolute Gasteiger partial charge is 0.393 e. The fraction of sp³-hybridized carbons (Fsp3) is 0.588. The Morgan fingerprint density at radius 2 is 1.91 bits per heavy atom. The first-order valence-corrected chi connectivity index (χ1v) is 8.08. The Bertz CT molecular complexity index is 487. The Balaban J connectivity index is 1.71. The van der Waals surface area contributed by atoms with E-state index in [9.17, 15) is 5.11 Å². The van der Waals surface area contributed by atoms with E-state index in [0.717, 1.165) is 51.1 Å². The minimum absolute atomic E-state index is 0.105. The van der Waals surface area contributed by atoms with Crippen molar-refractivity contribution in [3.8, 4) is 0 Å². The van der Waals surface area contributed by atoms with E-state index in [4.69, 9.17) is 5.73 Å². The van der Waals surface area contributed by atoms with Gasteiger partial charge in [0.1, 0.15) is 0 Å². The molecule has 0 aliphatic carbocycles. The average Bonchev–Trinajstić information content (AvgIpc) is 2.44. The van der Waals surface area contributed by atoms with Crippen molar-refractivity contribution < 1.29 is 5.11 Å². The van der Waals surface area contributed by atoms with Gasteiger partial charge in [0, 0.05) is 25.3 Å². The van der Waals surface area contributed by atoms with Crippen LogP contribution >= 0.6 is 0 Å². The molecule has 0 amide bonds. The molecule has 0 radical (unpaired) electrons. The van der Waals surface area contributed by atoms with E-state index in [0.29, 0.717) is 5.96 Å². The lowest BCUT2D eigenvalue weighted by atomic mass is 10.1. The van der Waals surface area contributed by atoms with Crippen LogP contribution in [0, 0.1) is 13.8 Å². The summed E-state index contributed by atoms with van der Waals surface area (Å²) in [5.74, 6) is 0.471. The van der Waals surface area contributed by atoms with E-state index in [1.165, 1.54) is 11.1 Å². The second kappa shape index (κ2) is 8.15. The molecule has 1 saturated heterocycles. The Labute approximate surface area is 133 Å². The number of hydrogen-bond donors (Lipinski definition) is 3. The molecule has 0 atom stereocenters. The summed E-state index contributed by atoms with van der Waals surface area (Å²) in [4.78, 5) is 6.77. The number of rotatable bonds is 5. The molecule has 4 N–H and O–H groups in total. The SMILES string of the molecule is Cc1cc(C)cc(NC(N)=NCCCN2CCC(O)CC2)c1. The van der Waals surface area contributed by atoms with Crippen molar-refractivity contribution in [2.75, 3.05) is 31.5 Å². The summed E-state index contributed by atoms with van der Waals surface area (Å²) in [6.07, 6.45) is 2.66. The molecule has 0 spiro atoms. The highest BCUT2D eigenvalue weighted by Crippen LogP contribution is 2.13. The monoisotopic (exact) mass is 304 g/mol. The Morgan fingerprint density at radius 3 is 2.55 bits per heavy atom. The minimum Gasteiger partial charge on any atom is -0.393 e. The van der Waals surface area contributed by atoms with Crippen LogP contribution in [0.15, 0.2) is 23.2 Å². The van der Waals surface area contributed by atoms with Crippen LogP contribution in [-0.2, 0) is 0 Å². The lowest BCUT2D eigenvalue weighted by Crippen LogP contribution is -2.36. The number of nitrogens with zero attached hydrogens (tertiary/aromatic N) is 2. The molecule has 1 aromatic carbocycles. The summed E-state index contributed by atoms with van der Waals surface area (Å²) in [5.41, 5.74) is 9.35. The zero-order chi connectivity index (χ0) is 15.9. The lowest BCUT2D eigenvalue weighted by molar-refractivity contribution is 0.0824. The first-order valence-electron chi connectivity index (χ1n) is 8.08. The smallest absolute Gasteiger partial charge is 0.193 e. The number of hydrogen-bond acceptors (Lipinski definition) is 3. The van der Waals surface area contributed by atoms with Crippen LogP contribution in [0.3, 0.4) is 0 Å². The third-order valence-electron chi connectivity index (χ3n) is 3.97. The van der Waals surface area contributed by atoms with Crippen molar-refractivity contribution in [1.82, 2.24) is 4.90 Å². The van der Waals surface area contributed by atoms with E-state index >= 15 is 0 Å². The fourth-order valence-corrected chi connectivity index (χ4v) is 2.87. The summed E-state index contributed by atoms with van der Waals surface area (Å²) in [6.45, 7) is 7.86. The maximum Gasteiger partial charge on any atom is 0.193 e. The molecular formula is C17H28N4O. The quantitative estimate of drug-likeness (QED) is 0.441. The van der Waals surface area contributed by atoms with Crippen LogP contribution in [0.2, 0.25) is 0 Å². The third-order valence-corrected chi connectivity index (χ3v) is 3.97. The molecule has 0 unspecified atom stereocenters. The maximum absolute atomic E-state index is 9.48. The number of guanidine groups is 1. The number of aliphatic hydroxyl groups is 1. The Morgan fingerprint density at radius 1 is 1.27 bits per heavy atom. The Kier molecular flexibility index (Phi) is 6.21. The predicted octanol–water partition coefficient (Wildman–Crippen LogP) is 1.88. The molecule has 5 heteroatoms. The molecule has 122 valence electrons. The van der Waals surface area contributed by atoms with E-state index in [-0.39, 0.29) is 6.10 Å². The van der Waals surface area contributed by atoms with Gasteiger partial charge in [-0.2, -0.15) is 0 Å². The second-order valence-corrected chi connectivity index (χ2v) is 6.19. The number of aryl methyl sites for hydroxylation is 2. The number of benzene rings is 1. The normalized spacial score (nSPS) is 17.7. The molecule has 22 heavy (non-hydrogen) atoms. The highest BCUT2D eigenvalue weighted by molar-refractivity contribution is 5.92. The van der Waals surface area contributed by atoms with Crippen molar-refractivity contribution in [1.29, 1.82) is 0 Å². The van der Waals surface area contributed by atoms with Crippen LogP contribution in [0.25, 0.3) is 0 Å². The highest BCUT2D eigenvalue weighted by Gasteiger charge is 2.15. The van der Waals surface area contributed by atoms with E-state index < -0.39 is 0 Å². The Hall–Kier alpha value is -1.59. The van der Waals surface area contributed by atoms with Crippen molar-refractivity contribution in [3.63, 3.8) is 0 Å². The van der Waals surface area contributed by atoms with Crippen molar-refractivity contribution in [2.24, 2.45) is 10.7 Å². The van der Waals surface area contributed by atoms with Crippen LogP contribution in [0.5, 0.6) is 0 Å². The summed E-state index contributed by atoms with van der Waals surface area (Å²) >= 11 is 0. The zero-order valence-electron chi connectivity index (χ0n) is 13.7. The van der Waals surface area contributed by atoms with Gasteiger partial charge in [0.05, 0.1) is 6.10 Å². The fourth-order valence-electron chi connectivity index (χ4n) is 2.87. The number of anilines is 1. The number of aliphatic imine (C=N–C) groups is 1. The standard InChI is InChI=1S/C17H28N4O/c1-13-10-14(2)12-15(11-13)20-17(18)19-6-3-7-21-8-4-16(22)5-9-21/h10-12,16,22H,3-9H2,1-2H3,(H3,18,19,20). The molecule has 1 fully saturated rings. The molecule has 5 nitrogen and oxygen atoms in total. The summed E-state index contributed by atoms with van der Waals surface area (Å²) < 4.78 is 0. The summed E-state index contributed by atoms with van der Waals surface area (Å²) in [5, 5.41) is 12.6. The predicted molar refractivity (Wildman–Crippen MR) is 92.3 cm³/mol. The van der Waals surface area contributed by atoms with Crippen molar-refractivity contribution in [2.45, 2.75) is 39.2 Å². The van der Waals surface area contributed by atoms with Gasteiger partial charge in [0.15, 0.2) is 5.96 Å². The molecular weight excluding hydrogens is 276 g/mol. The van der Waals surface area contributed by atoms with Crippen LogP contribution in [0.1, 0.15) is 30.4 Å². The van der Waals surface area contributed by atoms with Crippen molar-refractivity contribution >= 4 is 11.6 Å². The number of nitrogens with one attached hydrogen (secondary N) is 1. The van der Waals surface area contributed by atoms with Gasteiger partial charge in [-0.3, -0.25) is 4.99 Å². The average molecular weight is 304 g/mol. The van der Waals surface area contributed by atoms with Gasteiger partial charge in [0.2, 0.25) is 0 Å². The molecule has 0 aromatic heterocycles. The van der Waals surface area contributed by atoms with Gasteiger partial charge in [-0.05, 0) is 62.9 Å². The first-order chi connectivity index (χ1) is 10.5. The van der Waals surface area contributed by atoms with Crippen LogP contribution < -0.4 is 11.1 Å². The second-order valence-electron chi connectivity index (χ2n) is 6.19. The van der Waals surface area contributed by atoms with E-state index in [1.54, 1.807) is 0 Å². The third kappa shape index (κ3) is 5.66. The van der Waals surface area contributed by atoms with Crippen LogP contribution in [0.4, 0.5) is 5.69 Å². The van der Waals surface area contributed by atoms with Gasteiger partial charge in [-0.15, -0.1) is 0 Å². The number of piperidine rings is 1. The van der Waals surface area contributed by atoms with Crippen molar-refractivity contribution in [3.05, 3.63) is 29.3 Å². The van der Waals surface area contributed by atoms with Gasteiger partial charge >= 0.3 is 0 Å². The molecule has 1 aliphatic rings. The lowest BCUT2D eigenvalue weighted by Gasteiger charge is -2.29. The zero-order valence-corrected chi connectivity index (χ0v) is 13.7. The number of nitrogens with two attached hydrogens (primary N) is 1. The van der Waals surface area contributed by atoms with Gasteiger partial charge in [0.25, 0.3) is 0 Å².